The van der Waals surface area contributed by atoms with Crippen LogP contribution < -0.4 is 4.74 Å². The molecule has 0 unspecified atom stereocenters. The van der Waals surface area contributed by atoms with Gasteiger partial charge in [0.1, 0.15) is 11.6 Å². The molecule has 0 radical (unpaired) electrons. The van der Waals surface area contributed by atoms with Crippen LogP contribution in [0.25, 0.3) is 5.69 Å². The second-order valence-corrected chi connectivity index (χ2v) is 7.78. The maximum atomic E-state index is 13.2. The maximum Gasteiger partial charge on any atom is 0.253 e. The van der Waals surface area contributed by atoms with E-state index in [0.717, 1.165) is 31.7 Å². The predicted octanol–water partition coefficient (Wildman–Crippen LogP) is 2.94. The first-order chi connectivity index (χ1) is 15.6. The zero-order valence-electron chi connectivity index (χ0n) is 18.2. The molecule has 1 aromatic heterocycles. The number of carbonyl (C=O) groups excluding carboxylic acids is 1. The number of ether oxygens (including phenoxy) is 1. The van der Waals surface area contributed by atoms with Gasteiger partial charge < -0.3 is 9.64 Å². The highest BCUT2D eigenvalue weighted by Gasteiger charge is 2.23. The highest BCUT2D eigenvalue weighted by Crippen LogP contribution is 2.16. The summed E-state index contributed by atoms with van der Waals surface area (Å²) in [7, 11) is 0. The first-order valence-electron chi connectivity index (χ1n) is 10.9. The third-order valence-electron chi connectivity index (χ3n) is 5.50. The molecule has 0 atom stereocenters. The van der Waals surface area contributed by atoms with Gasteiger partial charge in [-0.2, -0.15) is 4.68 Å². The number of piperazine rings is 1. The quantitative estimate of drug-likeness (QED) is 0.504. The minimum atomic E-state index is -0.303. The molecule has 3 aromatic rings. The standard InChI is InChI=1S/C23H27FN6O2/c1-2-3-16-32-21-10-4-18(5-11-21)23(31)29-14-12-28(13-15-29)17-22-25-26-27-30(22)20-8-6-19(24)7-9-20/h4-11H,2-3,12-17H2,1H3. The molecule has 1 fully saturated rings. The van der Waals surface area contributed by atoms with Crippen molar-refractivity contribution in [2.24, 2.45) is 0 Å². The van der Waals surface area contributed by atoms with E-state index < -0.39 is 0 Å². The van der Waals surface area contributed by atoms with Crippen molar-refractivity contribution >= 4 is 5.91 Å². The molecule has 2 aromatic carbocycles. The SMILES string of the molecule is CCCCOc1ccc(C(=O)N2CCN(Cc3nnnn3-c3ccc(F)cc3)CC2)cc1. The number of nitrogens with zero attached hydrogens (tertiary/aromatic N) is 6. The van der Waals surface area contributed by atoms with Crippen LogP contribution in [0.3, 0.4) is 0 Å². The fourth-order valence-corrected chi connectivity index (χ4v) is 3.61. The van der Waals surface area contributed by atoms with Gasteiger partial charge in [-0.15, -0.1) is 5.10 Å². The van der Waals surface area contributed by atoms with Gasteiger partial charge in [0.2, 0.25) is 0 Å². The summed E-state index contributed by atoms with van der Waals surface area (Å²) in [4.78, 5) is 16.9. The Hall–Kier alpha value is -3.33. The van der Waals surface area contributed by atoms with Crippen LogP contribution in [-0.4, -0.2) is 68.7 Å². The first kappa shape index (κ1) is 21.9. The zero-order valence-corrected chi connectivity index (χ0v) is 18.2. The third kappa shape index (κ3) is 5.28. The van der Waals surface area contributed by atoms with Crippen LogP contribution in [0.1, 0.15) is 35.9 Å². The van der Waals surface area contributed by atoms with E-state index in [1.165, 1.54) is 12.1 Å². The third-order valence-corrected chi connectivity index (χ3v) is 5.50. The molecule has 4 rings (SSSR count). The maximum absolute atomic E-state index is 13.2. The second-order valence-electron chi connectivity index (χ2n) is 7.78. The molecule has 2 heterocycles. The Morgan fingerprint density at radius 2 is 1.75 bits per heavy atom. The second kappa shape index (κ2) is 10.3. The fraction of sp³-hybridized carbons (Fsp3) is 0.391. The molecule has 0 bridgehead atoms. The summed E-state index contributed by atoms with van der Waals surface area (Å²) in [5, 5.41) is 11.9. The molecule has 1 aliphatic rings. The van der Waals surface area contributed by atoms with Crippen molar-refractivity contribution in [3.05, 3.63) is 65.7 Å². The van der Waals surface area contributed by atoms with Crippen LogP contribution in [0, 0.1) is 5.82 Å². The van der Waals surface area contributed by atoms with E-state index in [9.17, 15) is 9.18 Å². The molecule has 32 heavy (non-hydrogen) atoms. The molecule has 1 aliphatic heterocycles. The van der Waals surface area contributed by atoms with Crippen molar-refractivity contribution in [1.29, 1.82) is 0 Å². The lowest BCUT2D eigenvalue weighted by molar-refractivity contribution is 0.0624. The topological polar surface area (TPSA) is 76.4 Å². The highest BCUT2D eigenvalue weighted by atomic mass is 19.1. The molecule has 0 saturated carbocycles. The van der Waals surface area contributed by atoms with Crippen LogP contribution in [-0.2, 0) is 6.54 Å². The van der Waals surface area contributed by atoms with Gasteiger partial charge in [0.25, 0.3) is 5.91 Å². The molecule has 168 valence electrons. The zero-order chi connectivity index (χ0) is 22.3. The number of tetrazole rings is 1. The van der Waals surface area contributed by atoms with Gasteiger partial charge in [0.05, 0.1) is 18.8 Å². The van der Waals surface area contributed by atoms with Gasteiger partial charge in [-0.1, -0.05) is 13.3 Å². The summed E-state index contributed by atoms with van der Waals surface area (Å²) in [6, 6.07) is 13.4. The van der Waals surface area contributed by atoms with E-state index in [2.05, 4.69) is 27.3 Å². The van der Waals surface area contributed by atoms with Gasteiger partial charge >= 0.3 is 0 Å². The molecule has 0 aliphatic carbocycles. The number of aromatic nitrogens is 4. The lowest BCUT2D eigenvalue weighted by Gasteiger charge is -2.34. The minimum Gasteiger partial charge on any atom is -0.494 e. The Bertz CT molecular complexity index is 1010. The van der Waals surface area contributed by atoms with Gasteiger partial charge in [-0.05, 0) is 65.4 Å². The average Bonchev–Trinajstić information content (AvgIpc) is 3.28. The van der Waals surface area contributed by atoms with Crippen molar-refractivity contribution < 1.29 is 13.9 Å². The van der Waals surface area contributed by atoms with E-state index in [1.54, 1.807) is 16.8 Å². The van der Waals surface area contributed by atoms with Crippen molar-refractivity contribution in [2.75, 3.05) is 32.8 Å². The van der Waals surface area contributed by atoms with Crippen LogP contribution in [0.2, 0.25) is 0 Å². The summed E-state index contributed by atoms with van der Waals surface area (Å²) in [6.45, 7) is 6.07. The summed E-state index contributed by atoms with van der Waals surface area (Å²) >= 11 is 0. The van der Waals surface area contributed by atoms with E-state index >= 15 is 0 Å². The van der Waals surface area contributed by atoms with Crippen LogP contribution in [0.5, 0.6) is 5.75 Å². The Kier molecular flexibility index (Phi) is 7.06. The Balaban J connectivity index is 1.30. The molecule has 1 saturated heterocycles. The van der Waals surface area contributed by atoms with E-state index in [1.807, 2.05) is 29.2 Å². The van der Waals surface area contributed by atoms with Crippen LogP contribution in [0.4, 0.5) is 4.39 Å². The molecule has 8 nitrogen and oxygen atoms in total. The Labute approximate surface area is 186 Å². The molecule has 1 amide bonds. The summed E-state index contributed by atoms with van der Waals surface area (Å²) in [5.74, 6) is 1.19. The number of rotatable bonds is 8. The van der Waals surface area contributed by atoms with E-state index in [0.29, 0.717) is 43.3 Å². The van der Waals surface area contributed by atoms with Crippen molar-refractivity contribution in [3.63, 3.8) is 0 Å². The van der Waals surface area contributed by atoms with Gasteiger partial charge in [0.15, 0.2) is 5.82 Å². The lowest BCUT2D eigenvalue weighted by Crippen LogP contribution is -2.48. The number of benzene rings is 2. The predicted molar refractivity (Wildman–Crippen MR) is 117 cm³/mol. The molecular formula is C23H27FN6O2. The number of hydrogen-bond donors (Lipinski definition) is 0. The van der Waals surface area contributed by atoms with Gasteiger partial charge in [-0.25, -0.2) is 4.39 Å². The highest BCUT2D eigenvalue weighted by molar-refractivity contribution is 5.94. The molecular weight excluding hydrogens is 411 g/mol. The van der Waals surface area contributed by atoms with E-state index in [4.69, 9.17) is 4.74 Å². The molecule has 9 heteroatoms. The number of unbranched alkanes of at least 4 members (excludes halogenated alkanes) is 1. The number of amides is 1. The van der Waals surface area contributed by atoms with Crippen LogP contribution in [0.15, 0.2) is 48.5 Å². The smallest absolute Gasteiger partial charge is 0.253 e. The van der Waals surface area contributed by atoms with Crippen molar-refractivity contribution in [3.8, 4) is 11.4 Å². The van der Waals surface area contributed by atoms with E-state index in [-0.39, 0.29) is 11.7 Å². The molecule has 0 spiro atoms. The lowest BCUT2D eigenvalue weighted by atomic mass is 10.1. The van der Waals surface area contributed by atoms with Crippen molar-refractivity contribution in [1.82, 2.24) is 30.0 Å². The largest absolute Gasteiger partial charge is 0.494 e. The van der Waals surface area contributed by atoms with Crippen molar-refractivity contribution in [2.45, 2.75) is 26.3 Å². The van der Waals surface area contributed by atoms with Crippen LogP contribution >= 0.6 is 0 Å². The summed E-state index contributed by atoms with van der Waals surface area (Å²) in [5.41, 5.74) is 1.38. The fourth-order valence-electron chi connectivity index (χ4n) is 3.61. The monoisotopic (exact) mass is 438 g/mol. The normalized spacial score (nSPS) is 14.5. The molecule has 0 N–H and O–H groups in total. The average molecular weight is 439 g/mol. The minimum absolute atomic E-state index is 0.0286. The number of carbonyl (C=O) groups is 1. The Morgan fingerprint density at radius 1 is 1.03 bits per heavy atom. The van der Waals surface area contributed by atoms with Gasteiger partial charge in [-0.3, -0.25) is 9.69 Å². The van der Waals surface area contributed by atoms with Gasteiger partial charge in [0, 0.05) is 31.7 Å². The number of hydrogen-bond acceptors (Lipinski definition) is 6. The number of halogens is 1. The first-order valence-corrected chi connectivity index (χ1v) is 10.9. The summed E-state index contributed by atoms with van der Waals surface area (Å²) in [6.07, 6.45) is 2.10. The summed E-state index contributed by atoms with van der Waals surface area (Å²) < 4.78 is 20.5. The Morgan fingerprint density at radius 3 is 2.44 bits per heavy atom.